The highest BCUT2D eigenvalue weighted by molar-refractivity contribution is 5.83. The lowest BCUT2D eigenvalue weighted by atomic mass is 9.94. The van der Waals surface area contributed by atoms with Gasteiger partial charge in [-0.1, -0.05) is 12.1 Å². The number of nitrogens with zero attached hydrogens (tertiary/aromatic N) is 2. The molecule has 1 aromatic carbocycles. The number of primary amides is 1. The molecule has 0 aliphatic carbocycles. The Kier molecular flexibility index (Phi) is 3.75. The number of H-pyrrole nitrogens is 2. The van der Waals surface area contributed by atoms with Crippen LogP contribution in [0.25, 0.3) is 22.6 Å². The Labute approximate surface area is 146 Å². The lowest BCUT2D eigenvalue weighted by molar-refractivity contribution is 0.160. The second-order valence-corrected chi connectivity index (χ2v) is 6.88. The Bertz CT molecular complexity index is 939. The smallest absolute Gasteiger partial charge is 0.315 e. The predicted octanol–water partition coefficient (Wildman–Crippen LogP) is 3.78. The lowest BCUT2D eigenvalue weighted by Crippen LogP contribution is -2.41. The van der Waals surface area contributed by atoms with Crippen LogP contribution >= 0.6 is 0 Å². The Morgan fingerprint density at radius 1 is 1.28 bits per heavy atom. The number of urea groups is 1. The average Bonchev–Trinajstić information content (AvgIpc) is 3.16. The molecule has 2 aromatic heterocycles. The Morgan fingerprint density at radius 3 is 2.84 bits per heavy atom. The molecule has 0 saturated carbocycles. The number of nitrogens with two attached hydrogens (primary N) is 1. The molecule has 1 atom stereocenters. The highest BCUT2D eigenvalue weighted by Crippen LogP contribution is 2.35. The van der Waals surface area contributed by atoms with Gasteiger partial charge >= 0.3 is 6.03 Å². The molecule has 1 saturated heterocycles. The number of hydrogen-bond acceptors (Lipinski definition) is 2. The quantitative estimate of drug-likeness (QED) is 0.664. The van der Waals surface area contributed by atoms with Gasteiger partial charge in [-0.15, -0.1) is 0 Å². The van der Waals surface area contributed by atoms with E-state index in [1.54, 1.807) is 4.90 Å². The topological polar surface area (TPSA) is 90.8 Å². The second-order valence-electron chi connectivity index (χ2n) is 6.88. The van der Waals surface area contributed by atoms with E-state index in [0.29, 0.717) is 6.54 Å². The number of fused-ring (bicyclic) bond motifs is 1. The van der Waals surface area contributed by atoms with Gasteiger partial charge in [0.2, 0.25) is 0 Å². The van der Waals surface area contributed by atoms with Gasteiger partial charge < -0.3 is 20.6 Å². The molecule has 0 spiro atoms. The van der Waals surface area contributed by atoms with Crippen molar-refractivity contribution in [2.24, 2.45) is 5.73 Å². The van der Waals surface area contributed by atoms with Crippen molar-refractivity contribution in [1.82, 2.24) is 19.9 Å². The first kappa shape index (κ1) is 15.7. The predicted molar refractivity (Wildman–Crippen MR) is 98.2 cm³/mol. The van der Waals surface area contributed by atoms with Crippen molar-refractivity contribution < 1.29 is 4.79 Å². The van der Waals surface area contributed by atoms with Crippen molar-refractivity contribution >= 4 is 17.1 Å². The number of piperidine rings is 1. The minimum absolute atomic E-state index is 0.00225. The fourth-order valence-electron chi connectivity index (χ4n) is 3.94. The maximum Gasteiger partial charge on any atom is 0.315 e. The van der Waals surface area contributed by atoms with Gasteiger partial charge in [0.05, 0.1) is 22.8 Å². The fraction of sp³-hybridized carbons (Fsp3) is 0.368. The first-order valence-corrected chi connectivity index (χ1v) is 8.76. The SMILES string of the molecule is Cc1cc(C)c(-c2nc3c(C4CCCCN4C(N)=O)cccc3[nH]2)[nH]1. The van der Waals surface area contributed by atoms with Crippen LogP contribution in [-0.4, -0.2) is 32.4 Å². The summed E-state index contributed by atoms with van der Waals surface area (Å²) in [5.41, 5.74) is 11.9. The van der Waals surface area contributed by atoms with Crippen LogP contribution in [-0.2, 0) is 0 Å². The highest BCUT2D eigenvalue weighted by Gasteiger charge is 2.28. The minimum atomic E-state index is -0.353. The van der Waals surface area contributed by atoms with Crippen molar-refractivity contribution in [3.05, 3.63) is 41.1 Å². The largest absolute Gasteiger partial charge is 0.356 e. The number of aryl methyl sites for hydroxylation is 2. The van der Waals surface area contributed by atoms with E-state index in [2.05, 4.69) is 29.0 Å². The number of hydrogen-bond donors (Lipinski definition) is 3. The van der Waals surface area contributed by atoms with Gasteiger partial charge in [-0.2, -0.15) is 0 Å². The van der Waals surface area contributed by atoms with E-state index in [1.807, 2.05) is 19.1 Å². The van der Waals surface area contributed by atoms with Gasteiger partial charge in [0.1, 0.15) is 0 Å². The molecular formula is C19H23N5O. The van der Waals surface area contributed by atoms with Gasteiger partial charge in [0.15, 0.2) is 5.82 Å². The molecule has 3 aromatic rings. The molecule has 0 bridgehead atoms. The van der Waals surface area contributed by atoms with Crippen molar-refractivity contribution in [1.29, 1.82) is 0 Å². The van der Waals surface area contributed by atoms with Gasteiger partial charge in [-0.05, 0) is 50.8 Å². The van der Waals surface area contributed by atoms with Crippen LogP contribution in [0.1, 0.15) is 42.1 Å². The highest BCUT2D eigenvalue weighted by atomic mass is 16.2. The van der Waals surface area contributed by atoms with Gasteiger partial charge in [-0.3, -0.25) is 0 Å². The van der Waals surface area contributed by atoms with E-state index in [4.69, 9.17) is 10.7 Å². The van der Waals surface area contributed by atoms with Crippen LogP contribution in [0.15, 0.2) is 24.3 Å². The summed E-state index contributed by atoms with van der Waals surface area (Å²) in [5.74, 6) is 0.828. The number of para-hydroxylation sites is 1. The van der Waals surface area contributed by atoms with Crippen LogP contribution in [0, 0.1) is 13.8 Å². The second kappa shape index (κ2) is 5.95. The number of nitrogens with one attached hydrogen (secondary N) is 2. The summed E-state index contributed by atoms with van der Waals surface area (Å²) in [7, 11) is 0. The maximum atomic E-state index is 11.9. The molecule has 25 heavy (non-hydrogen) atoms. The lowest BCUT2D eigenvalue weighted by Gasteiger charge is -2.34. The number of benzene rings is 1. The fourth-order valence-corrected chi connectivity index (χ4v) is 3.94. The van der Waals surface area contributed by atoms with Gasteiger partial charge in [-0.25, -0.2) is 9.78 Å². The number of likely N-dealkylation sites (tertiary alicyclic amines) is 1. The third-order valence-electron chi connectivity index (χ3n) is 5.08. The number of amides is 2. The Morgan fingerprint density at radius 2 is 2.12 bits per heavy atom. The Balaban J connectivity index is 1.82. The van der Waals surface area contributed by atoms with E-state index < -0.39 is 0 Å². The summed E-state index contributed by atoms with van der Waals surface area (Å²) in [6.07, 6.45) is 3.02. The molecule has 1 aliphatic heterocycles. The molecule has 1 aliphatic rings. The number of carbonyl (C=O) groups is 1. The van der Waals surface area contributed by atoms with Crippen LogP contribution in [0.3, 0.4) is 0 Å². The molecular weight excluding hydrogens is 314 g/mol. The molecule has 1 unspecified atom stereocenters. The van der Waals surface area contributed by atoms with Gasteiger partial charge in [0, 0.05) is 17.8 Å². The summed E-state index contributed by atoms with van der Waals surface area (Å²) in [5, 5.41) is 0. The summed E-state index contributed by atoms with van der Waals surface area (Å²) in [6, 6.07) is 7.86. The molecule has 6 nitrogen and oxygen atoms in total. The minimum Gasteiger partial charge on any atom is -0.356 e. The molecule has 4 rings (SSSR count). The number of imidazole rings is 1. The summed E-state index contributed by atoms with van der Waals surface area (Å²) in [6.45, 7) is 4.82. The number of rotatable bonds is 2. The van der Waals surface area contributed by atoms with E-state index >= 15 is 0 Å². The number of aromatic amines is 2. The van der Waals surface area contributed by atoms with Crippen LogP contribution < -0.4 is 5.73 Å². The zero-order valence-corrected chi connectivity index (χ0v) is 14.6. The average molecular weight is 337 g/mol. The van der Waals surface area contributed by atoms with Crippen molar-refractivity contribution in [3.63, 3.8) is 0 Å². The van der Waals surface area contributed by atoms with E-state index in [1.165, 1.54) is 0 Å². The maximum absolute atomic E-state index is 11.9. The molecule has 1 fully saturated rings. The summed E-state index contributed by atoms with van der Waals surface area (Å²) in [4.78, 5) is 25.3. The van der Waals surface area contributed by atoms with Crippen molar-refractivity contribution in [2.45, 2.75) is 39.2 Å². The normalized spacial score (nSPS) is 18.0. The van der Waals surface area contributed by atoms with Gasteiger partial charge in [0.25, 0.3) is 0 Å². The summed E-state index contributed by atoms with van der Waals surface area (Å²) >= 11 is 0. The van der Waals surface area contributed by atoms with Crippen molar-refractivity contribution in [3.8, 4) is 11.5 Å². The third-order valence-corrected chi connectivity index (χ3v) is 5.08. The number of aromatic nitrogens is 3. The molecule has 2 amide bonds. The molecule has 0 radical (unpaired) electrons. The first-order chi connectivity index (χ1) is 12.0. The van der Waals surface area contributed by atoms with E-state index in [-0.39, 0.29) is 12.1 Å². The monoisotopic (exact) mass is 337 g/mol. The number of carbonyl (C=O) groups excluding carboxylic acids is 1. The first-order valence-electron chi connectivity index (χ1n) is 8.76. The van der Waals surface area contributed by atoms with E-state index in [0.717, 1.165) is 58.6 Å². The Hall–Kier alpha value is -2.76. The third kappa shape index (κ3) is 2.67. The van der Waals surface area contributed by atoms with Crippen molar-refractivity contribution in [2.75, 3.05) is 6.54 Å². The zero-order chi connectivity index (χ0) is 17.6. The van der Waals surface area contributed by atoms with E-state index in [9.17, 15) is 4.79 Å². The molecule has 3 heterocycles. The standard InChI is InChI=1S/C19H23N5O/c1-11-10-12(2)21-16(11)18-22-14-7-5-6-13(17(14)23-18)15-8-3-4-9-24(15)19(20)25/h5-7,10,15,21H,3-4,8-9H2,1-2H3,(H2,20,25)(H,22,23). The van der Waals surface area contributed by atoms with Crippen LogP contribution in [0.4, 0.5) is 4.79 Å². The van der Waals surface area contributed by atoms with Crippen LogP contribution in [0.5, 0.6) is 0 Å². The van der Waals surface area contributed by atoms with Crippen LogP contribution in [0.2, 0.25) is 0 Å². The molecule has 4 N–H and O–H groups in total. The summed E-state index contributed by atoms with van der Waals surface area (Å²) < 4.78 is 0. The molecule has 6 heteroatoms. The zero-order valence-electron chi connectivity index (χ0n) is 14.6. The molecule has 130 valence electrons.